The van der Waals surface area contributed by atoms with Gasteiger partial charge >= 0.3 is 0 Å². The summed E-state index contributed by atoms with van der Waals surface area (Å²) in [6.45, 7) is 4.80. The Bertz CT molecular complexity index is 2760. The van der Waals surface area contributed by atoms with Gasteiger partial charge in [-0.2, -0.15) is 0 Å². The second-order valence-electron chi connectivity index (χ2n) is 17.4. The third kappa shape index (κ3) is 5.66. The summed E-state index contributed by atoms with van der Waals surface area (Å²) in [6, 6.07) is 64.5. The highest BCUT2D eigenvalue weighted by Gasteiger charge is 2.53. The smallest absolute Gasteiger partial charge is 0.0719 e. The molecule has 11 rings (SSSR count). The summed E-state index contributed by atoms with van der Waals surface area (Å²) in [7, 11) is 0. The molecule has 0 saturated heterocycles. The van der Waals surface area contributed by atoms with Crippen molar-refractivity contribution < 1.29 is 0 Å². The number of hydrogen-bond donors (Lipinski definition) is 0. The van der Waals surface area contributed by atoms with Gasteiger partial charge in [-0.15, -0.1) is 0 Å². The van der Waals surface area contributed by atoms with Crippen LogP contribution >= 0.6 is 0 Å². The molecular formula is C58H49N. The fourth-order valence-corrected chi connectivity index (χ4v) is 11.0. The fraction of sp³-hybridized carbons (Fsp3) is 0.172. The zero-order valence-electron chi connectivity index (χ0n) is 34.0. The standard InChI is InChI=1S/C58H49N/c1-57(2)52-27-11-13-29-54(52)58(55-30-14-12-28-53(55)57)51-26-10-9-25-49(51)50-36-33-45(39-56(50)58)43-20-15-19-42(37-43)44-21-16-24-48(38-44)59(46-22-7-4-8-23-46)47-34-31-41(32-35-47)40-17-5-3-6-18-40/h3,5-7,9-19,21-22,24-39,43,46H,4,8,20,23H2,1-2H3. The molecule has 0 amide bonds. The van der Waals surface area contributed by atoms with Crippen LogP contribution in [0.15, 0.2) is 200 Å². The van der Waals surface area contributed by atoms with Crippen LogP contribution in [0.4, 0.5) is 11.4 Å². The molecule has 4 aliphatic carbocycles. The molecule has 0 N–H and O–H groups in total. The molecule has 286 valence electrons. The van der Waals surface area contributed by atoms with Crippen LogP contribution in [0.3, 0.4) is 0 Å². The molecule has 7 aromatic carbocycles. The van der Waals surface area contributed by atoms with E-state index in [9.17, 15) is 0 Å². The number of rotatable bonds is 6. The maximum absolute atomic E-state index is 2.58. The van der Waals surface area contributed by atoms with E-state index in [-0.39, 0.29) is 16.7 Å². The maximum Gasteiger partial charge on any atom is 0.0719 e. The molecule has 2 atom stereocenters. The average Bonchev–Trinajstić information content (AvgIpc) is 3.60. The Labute approximate surface area is 349 Å². The molecule has 0 radical (unpaired) electrons. The lowest BCUT2D eigenvalue weighted by Crippen LogP contribution is -2.40. The van der Waals surface area contributed by atoms with Crippen LogP contribution in [0.1, 0.15) is 90.0 Å². The van der Waals surface area contributed by atoms with E-state index < -0.39 is 0 Å². The van der Waals surface area contributed by atoms with Crippen molar-refractivity contribution >= 4 is 16.9 Å². The third-order valence-corrected chi connectivity index (χ3v) is 13.8. The Kier molecular flexibility index (Phi) is 8.55. The van der Waals surface area contributed by atoms with Crippen molar-refractivity contribution in [1.82, 2.24) is 0 Å². The predicted octanol–water partition coefficient (Wildman–Crippen LogP) is 14.7. The summed E-state index contributed by atoms with van der Waals surface area (Å²) in [5.41, 5.74) is 19.5. The molecule has 0 aromatic heterocycles. The van der Waals surface area contributed by atoms with E-state index in [1.165, 1.54) is 90.1 Å². The van der Waals surface area contributed by atoms with Crippen LogP contribution < -0.4 is 4.90 Å². The fourth-order valence-electron chi connectivity index (χ4n) is 11.0. The number of allylic oxidation sites excluding steroid dienone is 5. The molecule has 0 fully saturated rings. The lowest BCUT2D eigenvalue weighted by molar-refractivity contribution is 0.563. The Balaban J connectivity index is 0.995. The molecule has 4 aliphatic rings. The van der Waals surface area contributed by atoms with Crippen molar-refractivity contribution in [2.45, 2.75) is 62.3 Å². The molecule has 1 nitrogen and oxygen atoms in total. The first-order chi connectivity index (χ1) is 29.0. The minimum absolute atomic E-state index is 0.109. The highest BCUT2D eigenvalue weighted by molar-refractivity contribution is 5.89. The van der Waals surface area contributed by atoms with Crippen LogP contribution in [0.5, 0.6) is 0 Å². The van der Waals surface area contributed by atoms with E-state index in [4.69, 9.17) is 0 Å². The van der Waals surface area contributed by atoms with E-state index in [0.717, 1.165) is 19.3 Å². The van der Waals surface area contributed by atoms with Gasteiger partial charge in [0.15, 0.2) is 0 Å². The molecule has 0 bridgehead atoms. The van der Waals surface area contributed by atoms with Crippen molar-refractivity contribution in [2.75, 3.05) is 4.90 Å². The van der Waals surface area contributed by atoms with E-state index in [1.54, 1.807) is 0 Å². The molecule has 0 saturated carbocycles. The van der Waals surface area contributed by atoms with Crippen molar-refractivity contribution in [3.05, 3.63) is 245 Å². The largest absolute Gasteiger partial charge is 0.335 e. The normalized spacial score (nSPS) is 19.0. The van der Waals surface area contributed by atoms with Gasteiger partial charge in [0, 0.05) is 22.7 Å². The van der Waals surface area contributed by atoms with Crippen molar-refractivity contribution in [1.29, 1.82) is 0 Å². The van der Waals surface area contributed by atoms with Gasteiger partial charge in [-0.1, -0.05) is 190 Å². The number of fused-ring (bicyclic) bond motifs is 9. The van der Waals surface area contributed by atoms with E-state index in [0.29, 0.717) is 6.04 Å². The predicted molar refractivity (Wildman–Crippen MR) is 248 cm³/mol. The minimum Gasteiger partial charge on any atom is -0.335 e. The number of benzene rings is 7. The van der Waals surface area contributed by atoms with E-state index in [1.807, 2.05) is 0 Å². The summed E-state index contributed by atoms with van der Waals surface area (Å²) >= 11 is 0. The Hall–Kier alpha value is -6.44. The van der Waals surface area contributed by atoms with Crippen molar-refractivity contribution in [2.24, 2.45) is 0 Å². The lowest BCUT2D eigenvalue weighted by atomic mass is 9.55. The van der Waals surface area contributed by atoms with Gasteiger partial charge in [0.1, 0.15) is 0 Å². The van der Waals surface area contributed by atoms with Gasteiger partial charge in [0.05, 0.1) is 11.5 Å². The quantitative estimate of drug-likeness (QED) is 0.153. The molecular weight excluding hydrogens is 711 g/mol. The maximum atomic E-state index is 2.58. The zero-order valence-corrected chi connectivity index (χ0v) is 34.0. The summed E-state index contributed by atoms with van der Waals surface area (Å²) in [5.74, 6) is 0.262. The minimum atomic E-state index is -0.383. The Morgan fingerprint density at radius 1 is 0.508 bits per heavy atom. The van der Waals surface area contributed by atoms with E-state index in [2.05, 4.69) is 219 Å². The van der Waals surface area contributed by atoms with Crippen LogP contribution in [0, 0.1) is 0 Å². The summed E-state index contributed by atoms with van der Waals surface area (Å²) in [5, 5.41) is 0. The first-order valence-corrected chi connectivity index (χ1v) is 21.6. The third-order valence-electron chi connectivity index (χ3n) is 13.8. The summed E-state index contributed by atoms with van der Waals surface area (Å²) in [6.07, 6.45) is 16.5. The molecule has 2 unspecified atom stereocenters. The number of hydrogen-bond acceptors (Lipinski definition) is 1. The van der Waals surface area contributed by atoms with Crippen LogP contribution in [-0.2, 0) is 10.8 Å². The molecule has 0 aliphatic heterocycles. The summed E-state index contributed by atoms with van der Waals surface area (Å²) in [4.78, 5) is 2.55. The number of nitrogens with zero attached hydrogens (tertiary/aromatic N) is 1. The van der Waals surface area contributed by atoms with Gasteiger partial charge in [-0.3, -0.25) is 0 Å². The number of anilines is 2. The summed E-state index contributed by atoms with van der Waals surface area (Å²) < 4.78 is 0. The van der Waals surface area contributed by atoms with Crippen molar-refractivity contribution in [3.8, 4) is 22.3 Å². The van der Waals surface area contributed by atoms with Crippen LogP contribution in [0.25, 0.3) is 27.8 Å². The first kappa shape index (κ1) is 35.7. The molecule has 1 spiro atoms. The Morgan fingerprint density at radius 2 is 1.15 bits per heavy atom. The highest BCUT2D eigenvalue weighted by atomic mass is 15.2. The van der Waals surface area contributed by atoms with Gasteiger partial charge in [0.25, 0.3) is 0 Å². The lowest BCUT2D eigenvalue weighted by Gasteiger charge is -2.46. The Morgan fingerprint density at radius 3 is 1.88 bits per heavy atom. The highest BCUT2D eigenvalue weighted by Crippen LogP contribution is 2.62. The second kappa shape index (κ2) is 14.1. The second-order valence-corrected chi connectivity index (χ2v) is 17.4. The molecule has 0 heterocycles. The zero-order chi connectivity index (χ0) is 39.6. The van der Waals surface area contributed by atoms with Gasteiger partial charge < -0.3 is 4.90 Å². The van der Waals surface area contributed by atoms with Gasteiger partial charge in [-0.05, 0) is 122 Å². The monoisotopic (exact) mass is 759 g/mol. The van der Waals surface area contributed by atoms with Crippen LogP contribution in [-0.4, -0.2) is 6.04 Å². The average molecular weight is 760 g/mol. The van der Waals surface area contributed by atoms with E-state index >= 15 is 0 Å². The van der Waals surface area contributed by atoms with Gasteiger partial charge in [0.2, 0.25) is 0 Å². The van der Waals surface area contributed by atoms with Crippen LogP contribution in [0.2, 0.25) is 0 Å². The SMILES string of the molecule is CC1(C)c2ccccc2C2(c3ccccc3-c3ccc(C4C=C(c5cccc(N(c6ccc(-c7ccccc7)cc6)C6C=CCCC6)c5)C=CC4)cc32)c2ccccc21. The molecule has 7 aromatic rings. The first-order valence-electron chi connectivity index (χ1n) is 21.6. The molecule has 1 heteroatoms. The van der Waals surface area contributed by atoms with Crippen molar-refractivity contribution in [3.63, 3.8) is 0 Å². The van der Waals surface area contributed by atoms with Gasteiger partial charge in [-0.25, -0.2) is 0 Å². The molecule has 59 heavy (non-hydrogen) atoms. The topological polar surface area (TPSA) is 3.24 Å².